The van der Waals surface area contributed by atoms with E-state index in [1.165, 1.54) is 30.3 Å². The highest BCUT2D eigenvalue weighted by molar-refractivity contribution is 5.88. The monoisotopic (exact) mass is 374 g/mol. The zero-order chi connectivity index (χ0) is 20.1. The molecule has 2 atom stereocenters. The van der Waals surface area contributed by atoms with E-state index >= 15 is 0 Å². The summed E-state index contributed by atoms with van der Waals surface area (Å²) in [5, 5.41) is 48.5. The molecule has 0 heterocycles. The number of phenolic OH excluding ortho intramolecular Hbond substituents is 4. The minimum Gasteiger partial charge on any atom is -0.504 e. The molecule has 0 spiro atoms. The van der Waals surface area contributed by atoms with Gasteiger partial charge in [-0.2, -0.15) is 0 Å². The van der Waals surface area contributed by atoms with Crippen molar-refractivity contribution in [1.82, 2.24) is 0 Å². The van der Waals surface area contributed by atoms with Crippen molar-refractivity contribution < 1.29 is 39.9 Å². The molecular formula is C19H18O8. The first-order valence-corrected chi connectivity index (χ1v) is 7.75. The molecule has 2 aromatic rings. The number of aldehydes is 1. The zero-order valence-corrected chi connectivity index (χ0v) is 14.2. The van der Waals surface area contributed by atoms with E-state index in [2.05, 4.69) is 4.74 Å². The highest BCUT2D eigenvalue weighted by Gasteiger charge is 2.32. The van der Waals surface area contributed by atoms with Crippen LogP contribution < -0.4 is 0 Å². The molecule has 0 fully saturated rings. The molecule has 5 N–H and O–H groups in total. The lowest BCUT2D eigenvalue weighted by Gasteiger charge is -2.22. The molecular weight excluding hydrogens is 356 g/mol. The van der Waals surface area contributed by atoms with Gasteiger partial charge in [0.05, 0.1) is 7.11 Å². The Morgan fingerprint density at radius 3 is 2.07 bits per heavy atom. The summed E-state index contributed by atoms with van der Waals surface area (Å²) in [6.45, 7) is 0. The normalized spacial score (nSPS) is 13.6. The molecule has 0 saturated carbocycles. The third kappa shape index (κ3) is 4.36. The molecule has 8 heteroatoms. The predicted molar refractivity (Wildman–Crippen MR) is 94.3 cm³/mol. The third-order valence-corrected chi connectivity index (χ3v) is 3.95. The van der Waals surface area contributed by atoms with Crippen LogP contribution in [-0.4, -0.2) is 51.0 Å². The minimum absolute atomic E-state index is 0.0666. The molecule has 142 valence electrons. The van der Waals surface area contributed by atoms with Crippen LogP contribution in [0.25, 0.3) is 6.08 Å². The summed E-state index contributed by atoms with van der Waals surface area (Å²) in [7, 11) is 1.07. The lowest BCUT2D eigenvalue weighted by atomic mass is 9.85. The van der Waals surface area contributed by atoms with E-state index in [1.807, 2.05) is 0 Å². The second-order valence-electron chi connectivity index (χ2n) is 5.70. The number of hydrogen-bond acceptors (Lipinski definition) is 8. The van der Waals surface area contributed by atoms with Crippen LogP contribution in [0.3, 0.4) is 0 Å². The van der Waals surface area contributed by atoms with Crippen molar-refractivity contribution in [3.63, 3.8) is 0 Å². The maximum absolute atomic E-state index is 11.8. The topological polar surface area (TPSA) is 145 Å². The molecule has 0 aliphatic rings. The van der Waals surface area contributed by atoms with Gasteiger partial charge in [-0.1, -0.05) is 12.1 Å². The number of aliphatic hydroxyl groups excluding tert-OH is 1. The van der Waals surface area contributed by atoms with Crippen LogP contribution in [0.1, 0.15) is 17.0 Å². The molecule has 0 radical (unpaired) electrons. The van der Waals surface area contributed by atoms with Gasteiger partial charge in [-0.25, -0.2) is 4.79 Å². The summed E-state index contributed by atoms with van der Waals surface area (Å²) in [5.74, 6) is -3.91. The van der Waals surface area contributed by atoms with E-state index in [0.29, 0.717) is 11.8 Å². The molecule has 2 aromatic carbocycles. The van der Waals surface area contributed by atoms with Crippen LogP contribution in [0, 0.1) is 0 Å². The van der Waals surface area contributed by atoms with Crippen molar-refractivity contribution in [2.45, 2.75) is 12.0 Å². The van der Waals surface area contributed by atoms with Gasteiger partial charge in [0.1, 0.15) is 6.29 Å². The number of methoxy groups -OCH3 is 1. The van der Waals surface area contributed by atoms with Crippen LogP contribution in [0.4, 0.5) is 0 Å². The smallest absolute Gasteiger partial charge is 0.335 e. The van der Waals surface area contributed by atoms with E-state index < -0.39 is 35.2 Å². The number of aromatic hydroxyl groups is 4. The van der Waals surface area contributed by atoms with E-state index in [1.54, 1.807) is 0 Å². The molecule has 2 rings (SSSR count). The quantitative estimate of drug-likeness (QED) is 0.221. The highest BCUT2D eigenvalue weighted by Crippen LogP contribution is 2.35. The van der Waals surface area contributed by atoms with Gasteiger partial charge in [0, 0.05) is 11.5 Å². The zero-order valence-electron chi connectivity index (χ0n) is 14.2. The second-order valence-corrected chi connectivity index (χ2v) is 5.70. The molecule has 2 unspecified atom stereocenters. The summed E-state index contributed by atoms with van der Waals surface area (Å²) in [6, 6.07) is 7.40. The average molecular weight is 374 g/mol. The van der Waals surface area contributed by atoms with E-state index in [9.17, 15) is 35.1 Å². The van der Waals surface area contributed by atoms with Gasteiger partial charge in [-0.05, 0) is 41.5 Å². The largest absolute Gasteiger partial charge is 0.504 e. The number of rotatable bonds is 6. The standard InChI is InChI=1S/C19H18O8/c1-27-19(26)18(25)17(11-3-5-14(22)16(24)8-11)12(9-20)6-10-2-4-13(21)15(23)7-10/h2-9,17-18,21-25H,1H3/b12-6+. The number of carbonyl (C=O) groups is 2. The summed E-state index contributed by atoms with van der Waals surface area (Å²) in [6.07, 6.45) is -0.0709. The van der Waals surface area contributed by atoms with Crippen LogP contribution in [0.5, 0.6) is 23.0 Å². The Kier molecular flexibility index (Phi) is 6.04. The first-order chi connectivity index (χ1) is 12.8. The van der Waals surface area contributed by atoms with Crippen LogP contribution in [0.2, 0.25) is 0 Å². The Labute approximate surface area is 154 Å². The van der Waals surface area contributed by atoms with E-state index in [-0.39, 0.29) is 16.9 Å². The van der Waals surface area contributed by atoms with Crippen molar-refractivity contribution in [3.05, 3.63) is 53.1 Å². The fourth-order valence-corrected chi connectivity index (χ4v) is 2.57. The van der Waals surface area contributed by atoms with Crippen molar-refractivity contribution >= 4 is 18.3 Å². The molecule has 0 aromatic heterocycles. The van der Waals surface area contributed by atoms with Crippen LogP contribution >= 0.6 is 0 Å². The Morgan fingerprint density at radius 1 is 0.963 bits per heavy atom. The summed E-state index contributed by atoms with van der Waals surface area (Å²) in [5.41, 5.74) is 0.421. The van der Waals surface area contributed by atoms with Crippen molar-refractivity contribution in [2.75, 3.05) is 7.11 Å². The maximum Gasteiger partial charge on any atom is 0.335 e. The lowest BCUT2D eigenvalue weighted by molar-refractivity contribution is -0.151. The third-order valence-electron chi connectivity index (χ3n) is 3.95. The molecule has 0 amide bonds. The molecule has 8 nitrogen and oxygen atoms in total. The Balaban J connectivity index is 2.59. The molecule has 0 aliphatic heterocycles. The minimum atomic E-state index is -1.78. The Bertz CT molecular complexity index is 887. The van der Waals surface area contributed by atoms with Gasteiger partial charge >= 0.3 is 5.97 Å². The average Bonchev–Trinajstić information content (AvgIpc) is 2.65. The lowest BCUT2D eigenvalue weighted by Crippen LogP contribution is -2.30. The number of carbonyl (C=O) groups excluding carboxylic acids is 2. The number of esters is 1. The Morgan fingerprint density at radius 2 is 1.56 bits per heavy atom. The highest BCUT2D eigenvalue weighted by atomic mass is 16.5. The number of phenols is 4. The van der Waals surface area contributed by atoms with Crippen molar-refractivity contribution in [3.8, 4) is 23.0 Å². The van der Waals surface area contributed by atoms with Crippen LogP contribution in [-0.2, 0) is 14.3 Å². The van der Waals surface area contributed by atoms with Crippen molar-refractivity contribution in [2.24, 2.45) is 0 Å². The molecule has 27 heavy (non-hydrogen) atoms. The van der Waals surface area contributed by atoms with Gasteiger partial charge in [-0.3, -0.25) is 4.79 Å². The SMILES string of the molecule is COC(=O)C(O)C(/C(C=O)=C/c1ccc(O)c(O)c1)c1ccc(O)c(O)c1. The fraction of sp³-hybridized carbons (Fsp3) is 0.158. The van der Waals surface area contributed by atoms with Crippen molar-refractivity contribution in [1.29, 1.82) is 0 Å². The van der Waals surface area contributed by atoms with E-state index in [0.717, 1.165) is 19.2 Å². The Hall–Kier alpha value is -3.52. The van der Waals surface area contributed by atoms with Crippen LogP contribution in [0.15, 0.2) is 42.0 Å². The molecule has 0 saturated heterocycles. The summed E-state index contributed by atoms with van der Waals surface area (Å²) < 4.78 is 4.53. The summed E-state index contributed by atoms with van der Waals surface area (Å²) in [4.78, 5) is 23.5. The van der Waals surface area contributed by atoms with Gasteiger partial charge in [0.15, 0.2) is 29.1 Å². The van der Waals surface area contributed by atoms with E-state index in [4.69, 9.17) is 0 Å². The summed E-state index contributed by atoms with van der Waals surface area (Å²) >= 11 is 0. The first-order valence-electron chi connectivity index (χ1n) is 7.75. The number of hydrogen-bond donors (Lipinski definition) is 5. The first kappa shape index (κ1) is 19.8. The van der Waals surface area contributed by atoms with Gasteiger partial charge in [0.2, 0.25) is 0 Å². The predicted octanol–water partition coefficient (Wildman–Crippen LogP) is 1.41. The second kappa shape index (κ2) is 8.24. The number of ether oxygens (including phenoxy) is 1. The van der Waals surface area contributed by atoms with Gasteiger partial charge < -0.3 is 30.3 Å². The van der Waals surface area contributed by atoms with Gasteiger partial charge in [0.25, 0.3) is 0 Å². The number of benzene rings is 2. The molecule has 0 bridgehead atoms. The van der Waals surface area contributed by atoms with Gasteiger partial charge in [-0.15, -0.1) is 0 Å². The maximum atomic E-state index is 11.8. The molecule has 0 aliphatic carbocycles. The fourth-order valence-electron chi connectivity index (χ4n) is 2.57. The number of aliphatic hydroxyl groups is 1.